The van der Waals surface area contributed by atoms with Crippen LogP contribution in [0.2, 0.25) is 5.02 Å². The third-order valence-electron chi connectivity index (χ3n) is 3.45. The summed E-state index contributed by atoms with van der Waals surface area (Å²) >= 11 is 5.89. The maximum atomic E-state index is 12.3. The van der Waals surface area contributed by atoms with Gasteiger partial charge in [0.2, 0.25) is 0 Å². The van der Waals surface area contributed by atoms with Crippen LogP contribution in [0.1, 0.15) is 28.6 Å². The first-order valence-corrected chi connectivity index (χ1v) is 7.64. The predicted octanol–water partition coefficient (Wildman–Crippen LogP) is 3.73. The zero-order valence-corrected chi connectivity index (χ0v) is 13.0. The van der Waals surface area contributed by atoms with Gasteiger partial charge in [-0.1, -0.05) is 23.7 Å². The SMILES string of the molecule is O=C(Nc1cc(C2OCCCO2)ccc1O)c1cccc(Cl)c1. The maximum Gasteiger partial charge on any atom is 0.255 e. The summed E-state index contributed by atoms with van der Waals surface area (Å²) < 4.78 is 11.1. The molecule has 2 aromatic carbocycles. The van der Waals surface area contributed by atoms with E-state index in [0.717, 1.165) is 12.0 Å². The van der Waals surface area contributed by atoms with E-state index in [1.807, 2.05) is 0 Å². The topological polar surface area (TPSA) is 67.8 Å². The van der Waals surface area contributed by atoms with Crippen LogP contribution in [0.5, 0.6) is 5.75 Å². The Morgan fingerprint density at radius 2 is 1.96 bits per heavy atom. The molecule has 3 rings (SSSR count). The maximum absolute atomic E-state index is 12.3. The third kappa shape index (κ3) is 3.82. The van der Waals surface area contributed by atoms with Gasteiger partial charge in [-0.15, -0.1) is 0 Å². The molecule has 0 aromatic heterocycles. The number of halogens is 1. The lowest BCUT2D eigenvalue weighted by atomic mass is 10.1. The summed E-state index contributed by atoms with van der Waals surface area (Å²) in [5.41, 5.74) is 1.45. The molecule has 0 unspecified atom stereocenters. The Hall–Kier alpha value is -2.08. The van der Waals surface area contributed by atoms with Gasteiger partial charge in [-0.25, -0.2) is 0 Å². The highest BCUT2D eigenvalue weighted by atomic mass is 35.5. The molecule has 6 heteroatoms. The summed E-state index contributed by atoms with van der Waals surface area (Å²) in [5.74, 6) is -0.384. The molecule has 1 heterocycles. The van der Waals surface area contributed by atoms with Crippen LogP contribution in [0, 0.1) is 0 Å². The van der Waals surface area contributed by atoms with Gasteiger partial charge >= 0.3 is 0 Å². The van der Waals surface area contributed by atoms with Gasteiger partial charge in [-0.2, -0.15) is 0 Å². The molecule has 0 spiro atoms. The van der Waals surface area contributed by atoms with Gasteiger partial charge in [0.25, 0.3) is 5.91 Å². The van der Waals surface area contributed by atoms with Gasteiger partial charge in [-0.3, -0.25) is 4.79 Å². The van der Waals surface area contributed by atoms with E-state index in [0.29, 0.717) is 29.5 Å². The van der Waals surface area contributed by atoms with Crippen molar-refractivity contribution in [1.29, 1.82) is 0 Å². The second kappa shape index (κ2) is 7.00. The minimum Gasteiger partial charge on any atom is -0.506 e. The smallest absolute Gasteiger partial charge is 0.255 e. The van der Waals surface area contributed by atoms with Crippen molar-refractivity contribution in [3.8, 4) is 5.75 Å². The number of carbonyl (C=O) groups excluding carboxylic acids is 1. The number of carbonyl (C=O) groups is 1. The molecule has 1 aliphatic heterocycles. The number of phenolic OH excluding ortho intramolecular Hbond substituents is 1. The molecule has 1 fully saturated rings. The van der Waals surface area contributed by atoms with Gasteiger partial charge in [-0.05, 0) is 36.8 Å². The molecule has 0 atom stereocenters. The molecule has 2 N–H and O–H groups in total. The van der Waals surface area contributed by atoms with E-state index < -0.39 is 6.29 Å². The highest BCUT2D eigenvalue weighted by Crippen LogP contribution is 2.30. The van der Waals surface area contributed by atoms with E-state index in [1.54, 1.807) is 36.4 Å². The first kappa shape index (κ1) is 15.8. The van der Waals surface area contributed by atoms with Crippen LogP contribution in [-0.4, -0.2) is 24.2 Å². The normalized spacial score (nSPS) is 15.3. The molecule has 2 aromatic rings. The first-order valence-electron chi connectivity index (χ1n) is 7.26. The monoisotopic (exact) mass is 333 g/mol. The van der Waals surface area contributed by atoms with Crippen LogP contribution in [0.3, 0.4) is 0 Å². The molecule has 5 nitrogen and oxygen atoms in total. The Kier molecular flexibility index (Phi) is 4.81. The zero-order valence-electron chi connectivity index (χ0n) is 12.3. The quantitative estimate of drug-likeness (QED) is 0.840. The Bertz CT molecular complexity index is 713. The minimum absolute atomic E-state index is 0.0278. The number of amides is 1. The Morgan fingerprint density at radius 3 is 2.70 bits per heavy atom. The predicted molar refractivity (Wildman–Crippen MR) is 86.8 cm³/mol. The van der Waals surface area contributed by atoms with Crippen molar-refractivity contribution >= 4 is 23.2 Å². The highest BCUT2D eigenvalue weighted by Gasteiger charge is 2.18. The zero-order chi connectivity index (χ0) is 16.2. The average Bonchev–Trinajstić information content (AvgIpc) is 2.57. The molecule has 1 saturated heterocycles. The van der Waals surface area contributed by atoms with Gasteiger partial charge in [0.1, 0.15) is 5.75 Å². The van der Waals surface area contributed by atoms with Crippen molar-refractivity contribution in [2.45, 2.75) is 12.7 Å². The molecule has 1 amide bonds. The summed E-state index contributed by atoms with van der Waals surface area (Å²) in [6.45, 7) is 1.24. The summed E-state index contributed by atoms with van der Waals surface area (Å²) in [4.78, 5) is 12.3. The van der Waals surface area contributed by atoms with Crippen molar-refractivity contribution < 1.29 is 19.4 Å². The lowest BCUT2D eigenvalue weighted by Crippen LogP contribution is -2.18. The number of anilines is 1. The van der Waals surface area contributed by atoms with Gasteiger partial charge in [0, 0.05) is 16.1 Å². The number of rotatable bonds is 3. The Labute approximate surface area is 138 Å². The van der Waals surface area contributed by atoms with Crippen LogP contribution < -0.4 is 5.32 Å². The van der Waals surface area contributed by atoms with Crippen molar-refractivity contribution in [1.82, 2.24) is 0 Å². The van der Waals surface area contributed by atoms with Crippen molar-refractivity contribution in [3.05, 3.63) is 58.6 Å². The highest BCUT2D eigenvalue weighted by molar-refractivity contribution is 6.31. The molecule has 120 valence electrons. The van der Waals surface area contributed by atoms with Gasteiger partial charge in [0.05, 0.1) is 18.9 Å². The number of ether oxygens (including phenoxy) is 2. The van der Waals surface area contributed by atoms with E-state index in [4.69, 9.17) is 21.1 Å². The van der Waals surface area contributed by atoms with Gasteiger partial charge in [0.15, 0.2) is 6.29 Å². The fourth-order valence-electron chi connectivity index (χ4n) is 2.30. The average molecular weight is 334 g/mol. The largest absolute Gasteiger partial charge is 0.506 e. The van der Waals surface area contributed by atoms with Crippen LogP contribution >= 0.6 is 11.6 Å². The third-order valence-corrected chi connectivity index (χ3v) is 3.69. The molecular formula is C17H16ClNO4. The van der Waals surface area contributed by atoms with Crippen LogP contribution in [0.15, 0.2) is 42.5 Å². The molecule has 0 bridgehead atoms. The fourth-order valence-corrected chi connectivity index (χ4v) is 2.50. The lowest BCUT2D eigenvalue weighted by molar-refractivity contribution is -0.183. The van der Waals surface area contributed by atoms with Crippen molar-refractivity contribution in [3.63, 3.8) is 0 Å². The lowest BCUT2D eigenvalue weighted by Gasteiger charge is -2.24. The first-order chi connectivity index (χ1) is 11.1. The molecule has 23 heavy (non-hydrogen) atoms. The fraction of sp³-hybridized carbons (Fsp3) is 0.235. The summed E-state index contributed by atoms with van der Waals surface area (Å²) in [7, 11) is 0. The number of hydrogen-bond donors (Lipinski definition) is 2. The van der Waals surface area contributed by atoms with Crippen LogP contribution in [0.4, 0.5) is 5.69 Å². The molecular weight excluding hydrogens is 318 g/mol. The summed E-state index contributed by atoms with van der Waals surface area (Å²) in [6.07, 6.45) is 0.374. The van der Waals surface area contributed by atoms with Crippen LogP contribution in [0.25, 0.3) is 0 Å². The Morgan fingerprint density at radius 1 is 1.17 bits per heavy atom. The summed E-state index contributed by atoms with van der Waals surface area (Å²) in [5, 5.41) is 13.1. The molecule has 0 radical (unpaired) electrons. The van der Waals surface area contributed by atoms with E-state index in [9.17, 15) is 9.90 Å². The van der Waals surface area contributed by atoms with Crippen molar-refractivity contribution in [2.75, 3.05) is 18.5 Å². The second-order valence-corrected chi connectivity index (χ2v) is 5.60. The number of benzene rings is 2. The van der Waals surface area contributed by atoms with E-state index >= 15 is 0 Å². The summed E-state index contributed by atoms with van der Waals surface area (Å²) in [6, 6.07) is 11.4. The molecule has 1 aliphatic rings. The number of hydrogen-bond acceptors (Lipinski definition) is 4. The van der Waals surface area contributed by atoms with E-state index in [1.165, 1.54) is 6.07 Å². The van der Waals surface area contributed by atoms with Crippen molar-refractivity contribution in [2.24, 2.45) is 0 Å². The van der Waals surface area contributed by atoms with Gasteiger partial charge < -0.3 is 19.9 Å². The number of nitrogens with one attached hydrogen (secondary N) is 1. The molecule has 0 saturated carbocycles. The number of phenols is 1. The van der Waals surface area contributed by atoms with Crippen LogP contribution in [-0.2, 0) is 9.47 Å². The standard InChI is InChI=1S/C17H16ClNO4/c18-13-4-1-3-11(9-13)16(21)19-14-10-12(5-6-15(14)20)17-22-7-2-8-23-17/h1,3-6,9-10,17,20H,2,7-8H2,(H,19,21). The Balaban J connectivity index is 1.80. The molecule has 0 aliphatic carbocycles. The number of aromatic hydroxyl groups is 1. The van der Waals surface area contributed by atoms with E-state index in [-0.39, 0.29) is 11.7 Å². The minimum atomic E-state index is -0.480. The van der Waals surface area contributed by atoms with E-state index in [2.05, 4.69) is 5.32 Å². The second-order valence-electron chi connectivity index (χ2n) is 5.17.